The van der Waals surface area contributed by atoms with E-state index in [0.29, 0.717) is 24.4 Å². The average molecular weight is 332 g/mol. The van der Waals surface area contributed by atoms with Gasteiger partial charge in [-0.2, -0.15) is 5.26 Å². The molecule has 4 nitrogen and oxygen atoms in total. The number of benzene rings is 2. The van der Waals surface area contributed by atoms with Crippen molar-refractivity contribution < 1.29 is 9.53 Å². The summed E-state index contributed by atoms with van der Waals surface area (Å²) in [7, 11) is 0. The monoisotopic (exact) mass is 332 g/mol. The maximum atomic E-state index is 11.7. The molecule has 1 saturated heterocycles. The van der Waals surface area contributed by atoms with E-state index in [9.17, 15) is 10.1 Å². The van der Waals surface area contributed by atoms with Gasteiger partial charge in [-0.15, -0.1) is 0 Å². The Morgan fingerprint density at radius 1 is 1.16 bits per heavy atom. The van der Waals surface area contributed by atoms with Crippen LogP contribution < -0.4 is 4.74 Å². The van der Waals surface area contributed by atoms with Gasteiger partial charge in [0.2, 0.25) is 5.91 Å². The first-order valence-electron chi connectivity index (χ1n) is 8.39. The lowest BCUT2D eigenvalue weighted by Crippen LogP contribution is -2.41. The van der Waals surface area contributed by atoms with E-state index in [2.05, 4.69) is 12.6 Å². The van der Waals surface area contributed by atoms with Crippen molar-refractivity contribution in [2.24, 2.45) is 0 Å². The van der Waals surface area contributed by atoms with E-state index in [1.807, 2.05) is 42.5 Å². The summed E-state index contributed by atoms with van der Waals surface area (Å²) in [6.07, 6.45) is 2.85. The fraction of sp³-hybridized carbons (Fsp3) is 0.238. The van der Waals surface area contributed by atoms with Gasteiger partial charge in [0.05, 0.1) is 5.56 Å². The van der Waals surface area contributed by atoms with E-state index in [1.165, 1.54) is 6.08 Å². The Kier molecular flexibility index (Phi) is 5.15. The van der Waals surface area contributed by atoms with Crippen LogP contribution >= 0.6 is 0 Å². The van der Waals surface area contributed by atoms with Crippen LogP contribution in [-0.4, -0.2) is 30.0 Å². The van der Waals surface area contributed by atoms with Crippen LogP contribution in [0.25, 0.3) is 11.1 Å². The number of carbonyl (C=O) groups excluding carboxylic acids is 1. The number of nitrogens with zero attached hydrogens (tertiary/aromatic N) is 2. The molecular formula is C21H20N2O2. The Bertz CT molecular complexity index is 800. The van der Waals surface area contributed by atoms with Crippen LogP contribution in [0.3, 0.4) is 0 Å². The van der Waals surface area contributed by atoms with E-state index in [4.69, 9.17) is 4.74 Å². The molecule has 0 spiro atoms. The fourth-order valence-corrected chi connectivity index (χ4v) is 3.03. The number of rotatable bonds is 4. The number of carbonyl (C=O) groups is 1. The van der Waals surface area contributed by atoms with Gasteiger partial charge in [0.1, 0.15) is 17.9 Å². The number of amides is 1. The summed E-state index contributed by atoms with van der Waals surface area (Å²) < 4.78 is 6.11. The third kappa shape index (κ3) is 3.89. The molecule has 2 aromatic carbocycles. The highest BCUT2D eigenvalue weighted by Crippen LogP contribution is 2.29. The highest BCUT2D eigenvalue weighted by Gasteiger charge is 2.23. The van der Waals surface area contributed by atoms with Crippen LogP contribution in [0, 0.1) is 11.3 Å². The van der Waals surface area contributed by atoms with Crippen molar-refractivity contribution in [3.63, 3.8) is 0 Å². The third-order valence-corrected chi connectivity index (χ3v) is 4.43. The summed E-state index contributed by atoms with van der Waals surface area (Å²) in [5.74, 6) is 0.569. The van der Waals surface area contributed by atoms with E-state index in [1.54, 1.807) is 11.0 Å². The summed E-state index contributed by atoms with van der Waals surface area (Å²) in [4.78, 5) is 13.4. The number of likely N-dealkylation sites (tertiary alicyclic amines) is 1. The Morgan fingerprint density at radius 3 is 2.52 bits per heavy atom. The lowest BCUT2D eigenvalue weighted by Gasteiger charge is -2.31. The van der Waals surface area contributed by atoms with Gasteiger partial charge in [0, 0.05) is 25.9 Å². The second kappa shape index (κ2) is 7.67. The van der Waals surface area contributed by atoms with Crippen LogP contribution in [0.4, 0.5) is 0 Å². The molecule has 1 aliphatic heterocycles. The van der Waals surface area contributed by atoms with Gasteiger partial charge in [-0.3, -0.25) is 4.79 Å². The molecule has 0 aliphatic carbocycles. The molecule has 126 valence electrons. The van der Waals surface area contributed by atoms with Crippen LogP contribution in [0.5, 0.6) is 5.75 Å². The average Bonchev–Trinajstić information content (AvgIpc) is 2.68. The predicted octanol–water partition coefficient (Wildman–Crippen LogP) is 3.78. The largest absolute Gasteiger partial charge is 0.489 e. The van der Waals surface area contributed by atoms with Crippen molar-refractivity contribution in [1.82, 2.24) is 4.90 Å². The smallest absolute Gasteiger partial charge is 0.245 e. The van der Waals surface area contributed by atoms with E-state index in [0.717, 1.165) is 24.0 Å². The van der Waals surface area contributed by atoms with Gasteiger partial charge in [-0.1, -0.05) is 43.0 Å². The fourth-order valence-electron chi connectivity index (χ4n) is 3.03. The number of ether oxygens (including phenoxy) is 1. The molecule has 0 N–H and O–H groups in total. The van der Waals surface area contributed by atoms with Crippen LogP contribution in [0.1, 0.15) is 18.4 Å². The highest BCUT2D eigenvalue weighted by atomic mass is 16.5. The zero-order valence-corrected chi connectivity index (χ0v) is 14.0. The summed E-state index contributed by atoms with van der Waals surface area (Å²) in [5, 5.41) is 9.36. The second-order valence-corrected chi connectivity index (χ2v) is 6.04. The van der Waals surface area contributed by atoms with Gasteiger partial charge >= 0.3 is 0 Å². The summed E-state index contributed by atoms with van der Waals surface area (Å²) in [5.41, 5.74) is 2.64. The Hall–Kier alpha value is -3.06. The molecule has 1 aliphatic rings. The van der Waals surface area contributed by atoms with E-state index < -0.39 is 0 Å². The standard InChI is InChI=1S/C21H20N2O2/c1-2-21(24)23-12-10-19(11-13-23)25-20-14-17(8-9-18(20)15-22)16-6-4-3-5-7-16/h2-9,14,19H,1,10-13H2. The molecule has 1 amide bonds. The molecular weight excluding hydrogens is 312 g/mol. The topological polar surface area (TPSA) is 53.3 Å². The van der Waals surface area contributed by atoms with Crippen LogP contribution in [0.15, 0.2) is 61.2 Å². The molecule has 0 radical (unpaired) electrons. The summed E-state index contributed by atoms with van der Waals surface area (Å²) in [6.45, 7) is 4.82. The normalized spacial score (nSPS) is 14.6. The molecule has 4 heteroatoms. The quantitative estimate of drug-likeness (QED) is 0.801. The van der Waals surface area contributed by atoms with Crippen molar-refractivity contribution in [1.29, 1.82) is 5.26 Å². The van der Waals surface area contributed by atoms with Crippen LogP contribution in [-0.2, 0) is 4.79 Å². The number of piperidine rings is 1. The van der Waals surface area contributed by atoms with Crippen molar-refractivity contribution in [3.05, 3.63) is 66.7 Å². The molecule has 2 aromatic rings. The minimum absolute atomic E-state index is 0.00647. The zero-order chi connectivity index (χ0) is 17.6. The first-order chi connectivity index (χ1) is 12.2. The molecule has 0 unspecified atom stereocenters. The molecule has 0 aromatic heterocycles. The molecule has 0 atom stereocenters. The maximum absolute atomic E-state index is 11.7. The zero-order valence-electron chi connectivity index (χ0n) is 14.0. The minimum Gasteiger partial charge on any atom is -0.489 e. The summed E-state index contributed by atoms with van der Waals surface area (Å²) >= 11 is 0. The van der Waals surface area contributed by atoms with E-state index >= 15 is 0 Å². The predicted molar refractivity (Wildman–Crippen MR) is 97.0 cm³/mol. The van der Waals surface area contributed by atoms with Crippen molar-refractivity contribution in [2.45, 2.75) is 18.9 Å². The van der Waals surface area contributed by atoms with Crippen molar-refractivity contribution in [2.75, 3.05) is 13.1 Å². The third-order valence-electron chi connectivity index (χ3n) is 4.43. The molecule has 1 heterocycles. The first kappa shape index (κ1) is 16.8. The molecule has 1 fully saturated rings. The Labute approximate surface area is 148 Å². The number of hydrogen-bond donors (Lipinski definition) is 0. The lowest BCUT2D eigenvalue weighted by molar-refractivity contribution is -0.127. The van der Waals surface area contributed by atoms with Gasteiger partial charge in [0.15, 0.2) is 0 Å². The second-order valence-electron chi connectivity index (χ2n) is 6.04. The number of nitriles is 1. The molecule has 0 bridgehead atoms. The Balaban J connectivity index is 1.75. The van der Waals surface area contributed by atoms with Gasteiger partial charge in [-0.25, -0.2) is 0 Å². The molecule has 0 saturated carbocycles. The SMILES string of the molecule is C=CC(=O)N1CCC(Oc2cc(-c3ccccc3)ccc2C#N)CC1. The maximum Gasteiger partial charge on any atom is 0.245 e. The van der Waals surface area contributed by atoms with Crippen molar-refractivity contribution in [3.8, 4) is 22.9 Å². The van der Waals surface area contributed by atoms with Gasteiger partial charge in [0.25, 0.3) is 0 Å². The van der Waals surface area contributed by atoms with Crippen molar-refractivity contribution >= 4 is 5.91 Å². The highest BCUT2D eigenvalue weighted by molar-refractivity contribution is 5.87. The lowest BCUT2D eigenvalue weighted by atomic mass is 10.0. The van der Waals surface area contributed by atoms with E-state index in [-0.39, 0.29) is 12.0 Å². The molecule has 25 heavy (non-hydrogen) atoms. The summed E-state index contributed by atoms with van der Waals surface area (Å²) in [6, 6.07) is 17.9. The number of hydrogen-bond acceptors (Lipinski definition) is 3. The molecule has 3 rings (SSSR count). The van der Waals surface area contributed by atoms with Gasteiger partial charge < -0.3 is 9.64 Å². The minimum atomic E-state index is -0.0396. The Morgan fingerprint density at radius 2 is 1.88 bits per heavy atom. The first-order valence-corrected chi connectivity index (χ1v) is 8.39. The van der Waals surface area contributed by atoms with Crippen LogP contribution in [0.2, 0.25) is 0 Å². The van der Waals surface area contributed by atoms with Gasteiger partial charge in [-0.05, 0) is 29.3 Å².